The molecule has 0 aromatic heterocycles. The molecule has 1 aromatic rings. The van der Waals surface area contributed by atoms with Crippen LogP contribution in [0.1, 0.15) is 17.5 Å². The van der Waals surface area contributed by atoms with Gasteiger partial charge in [-0.2, -0.15) is 0 Å². The lowest BCUT2D eigenvalue weighted by atomic mass is 10.1. The van der Waals surface area contributed by atoms with Crippen molar-refractivity contribution in [2.24, 2.45) is 4.99 Å². The summed E-state index contributed by atoms with van der Waals surface area (Å²) in [6, 6.07) is 5.71. The van der Waals surface area contributed by atoms with Gasteiger partial charge in [0.1, 0.15) is 5.82 Å². The predicted octanol–water partition coefficient (Wildman–Crippen LogP) is 1.45. The van der Waals surface area contributed by atoms with Gasteiger partial charge in [-0.25, -0.2) is 4.39 Å². The van der Waals surface area contributed by atoms with Gasteiger partial charge < -0.3 is 19.7 Å². The maximum Gasteiger partial charge on any atom is 0.193 e. The molecule has 26 heavy (non-hydrogen) atoms. The first kappa shape index (κ1) is 19.1. The number of morpholine rings is 1. The molecular formula is C19H29FN4O2. The molecule has 2 aliphatic rings. The van der Waals surface area contributed by atoms with Gasteiger partial charge in [0.2, 0.25) is 0 Å². The number of guanidine groups is 1. The molecule has 1 atom stereocenters. The first-order valence-electron chi connectivity index (χ1n) is 9.25. The van der Waals surface area contributed by atoms with Crippen LogP contribution < -0.4 is 5.32 Å². The van der Waals surface area contributed by atoms with Gasteiger partial charge in [0.25, 0.3) is 0 Å². The fraction of sp³-hybridized carbons (Fsp3) is 0.632. The Bertz CT molecular complexity index is 620. The quantitative estimate of drug-likeness (QED) is 0.633. The Kier molecular flexibility index (Phi) is 6.82. The largest absolute Gasteiger partial charge is 0.380 e. The molecule has 2 fully saturated rings. The van der Waals surface area contributed by atoms with Crippen LogP contribution in [0.15, 0.2) is 23.2 Å². The highest BCUT2D eigenvalue weighted by atomic mass is 19.1. The molecule has 2 heterocycles. The van der Waals surface area contributed by atoms with Crippen LogP contribution in [-0.2, 0) is 22.6 Å². The minimum absolute atomic E-state index is 0.229. The third-order valence-electron chi connectivity index (χ3n) is 5.10. The lowest BCUT2D eigenvalue weighted by molar-refractivity contribution is 0.0195. The van der Waals surface area contributed by atoms with Gasteiger partial charge in [-0.3, -0.25) is 9.89 Å². The zero-order valence-corrected chi connectivity index (χ0v) is 15.7. The van der Waals surface area contributed by atoms with Gasteiger partial charge in [-0.05, 0) is 24.1 Å². The minimum atomic E-state index is -0.229. The Labute approximate surface area is 155 Å². The molecule has 0 radical (unpaired) electrons. The zero-order chi connectivity index (χ0) is 18.4. The van der Waals surface area contributed by atoms with Crippen molar-refractivity contribution < 1.29 is 13.9 Å². The topological polar surface area (TPSA) is 49.3 Å². The van der Waals surface area contributed by atoms with Crippen molar-refractivity contribution in [3.05, 3.63) is 35.1 Å². The summed E-state index contributed by atoms with van der Waals surface area (Å²) in [5.41, 5.74) is 1.60. The Morgan fingerprint density at radius 1 is 1.35 bits per heavy atom. The molecule has 3 rings (SSSR count). The third-order valence-corrected chi connectivity index (χ3v) is 5.10. The molecule has 144 valence electrons. The summed E-state index contributed by atoms with van der Waals surface area (Å²) in [4.78, 5) is 9.26. The van der Waals surface area contributed by atoms with Gasteiger partial charge in [0.15, 0.2) is 5.96 Å². The van der Waals surface area contributed by atoms with E-state index in [4.69, 9.17) is 9.47 Å². The number of rotatable bonds is 5. The number of nitrogens with one attached hydrogen (secondary N) is 1. The Morgan fingerprint density at radius 3 is 2.88 bits per heavy atom. The average molecular weight is 364 g/mol. The number of methoxy groups -OCH3 is 1. The second-order valence-electron chi connectivity index (χ2n) is 6.80. The molecule has 0 spiro atoms. The molecule has 7 heteroatoms. The van der Waals surface area contributed by atoms with Crippen molar-refractivity contribution in [1.82, 2.24) is 15.1 Å². The van der Waals surface area contributed by atoms with Crippen LogP contribution in [0.3, 0.4) is 0 Å². The first-order chi connectivity index (χ1) is 12.7. The molecule has 1 N–H and O–H groups in total. The van der Waals surface area contributed by atoms with Crippen LogP contribution >= 0.6 is 0 Å². The van der Waals surface area contributed by atoms with E-state index in [1.165, 1.54) is 6.07 Å². The molecule has 0 amide bonds. The van der Waals surface area contributed by atoms with Crippen molar-refractivity contribution in [3.63, 3.8) is 0 Å². The number of nitrogens with zero attached hydrogens (tertiary/aromatic N) is 3. The number of halogens is 1. The van der Waals surface area contributed by atoms with E-state index in [1.807, 2.05) is 13.1 Å². The summed E-state index contributed by atoms with van der Waals surface area (Å²) in [7, 11) is 3.38. The van der Waals surface area contributed by atoms with Crippen LogP contribution in [0.2, 0.25) is 0 Å². The van der Waals surface area contributed by atoms with E-state index in [0.717, 1.165) is 57.3 Å². The maximum absolute atomic E-state index is 13.7. The fourth-order valence-corrected chi connectivity index (χ4v) is 3.69. The Morgan fingerprint density at radius 2 is 2.15 bits per heavy atom. The molecule has 2 aliphatic heterocycles. The van der Waals surface area contributed by atoms with E-state index in [-0.39, 0.29) is 12.4 Å². The summed E-state index contributed by atoms with van der Waals surface area (Å²) in [6.07, 6.45) is 1.15. The van der Waals surface area contributed by atoms with Crippen molar-refractivity contribution in [1.29, 1.82) is 0 Å². The highest BCUT2D eigenvalue weighted by Crippen LogP contribution is 2.17. The summed E-state index contributed by atoms with van der Waals surface area (Å²) >= 11 is 0. The molecule has 1 aromatic carbocycles. The number of hydrogen-bond acceptors (Lipinski definition) is 4. The van der Waals surface area contributed by atoms with E-state index in [1.54, 1.807) is 13.2 Å². The smallest absolute Gasteiger partial charge is 0.193 e. The van der Waals surface area contributed by atoms with Crippen molar-refractivity contribution in [2.75, 3.05) is 53.6 Å². The van der Waals surface area contributed by atoms with E-state index in [0.29, 0.717) is 18.2 Å². The van der Waals surface area contributed by atoms with Crippen molar-refractivity contribution >= 4 is 5.96 Å². The van der Waals surface area contributed by atoms with Gasteiger partial charge in [0.05, 0.1) is 19.8 Å². The molecule has 6 nitrogen and oxygen atoms in total. The SMILES string of the molecule is CN=C(NCc1ccc(F)c(COC)c1)N1CCC(N2CCOCC2)C1. The number of aliphatic imine (C=N–C) groups is 1. The normalized spacial score (nSPS) is 22.0. The van der Waals surface area contributed by atoms with Crippen LogP contribution in [0.25, 0.3) is 0 Å². The molecule has 0 saturated carbocycles. The standard InChI is InChI=1S/C19H29FN4O2/c1-21-19(22-12-15-3-4-18(20)16(11-15)14-25-2)24-6-5-17(13-24)23-7-9-26-10-8-23/h3-4,11,17H,5-10,12-14H2,1-2H3,(H,21,22). The number of likely N-dealkylation sites (tertiary alicyclic amines) is 1. The van der Waals surface area contributed by atoms with E-state index in [9.17, 15) is 4.39 Å². The predicted molar refractivity (Wildman–Crippen MR) is 99.7 cm³/mol. The van der Waals surface area contributed by atoms with Crippen LogP contribution in [-0.4, -0.2) is 75.4 Å². The number of benzene rings is 1. The zero-order valence-electron chi connectivity index (χ0n) is 15.7. The summed E-state index contributed by atoms with van der Waals surface area (Å²) in [5, 5.41) is 3.41. The van der Waals surface area contributed by atoms with Gasteiger partial charge in [0, 0.05) is 58.5 Å². The number of hydrogen-bond donors (Lipinski definition) is 1. The van der Waals surface area contributed by atoms with Crippen LogP contribution in [0.4, 0.5) is 4.39 Å². The average Bonchev–Trinajstić information content (AvgIpc) is 3.16. The summed E-state index contributed by atoms with van der Waals surface area (Å²) in [6.45, 7) is 6.57. The van der Waals surface area contributed by atoms with Gasteiger partial charge >= 0.3 is 0 Å². The molecule has 2 saturated heterocycles. The summed E-state index contributed by atoms with van der Waals surface area (Å²) in [5.74, 6) is 0.672. The number of ether oxygens (including phenoxy) is 2. The Hall–Kier alpha value is -1.70. The first-order valence-corrected chi connectivity index (χ1v) is 9.25. The highest BCUT2D eigenvalue weighted by molar-refractivity contribution is 5.80. The van der Waals surface area contributed by atoms with E-state index >= 15 is 0 Å². The second kappa shape index (κ2) is 9.30. The highest BCUT2D eigenvalue weighted by Gasteiger charge is 2.30. The molecule has 0 bridgehead atoms. The lowest BCUT2D eigenvalue weighted by Crippen LogP contribution is -2.46. The van der Waals surface area contributed by atoms with E-state index in [2.05, 4.69) is 20.1 Å². The minimum Gasteiger partial charge on any atom is -0.380 e. The third kappa shape index (κ3) is 4.72. The second-order valence-corrected chi connectivity index (χ2v) is 6.80. The van der Waals surface area contributed by atoms with Crippen molar-refractivity contribution in [2.45, 2.75) is 25.6 Å². The molecule has 0 aliphatic carbocycles. The lowest BCUT2D eigenvalue weighted by Gasteiger charge is -2.32. The fourth-order valence-electron chi connectivity index (χ4n) is 3.69. The van der Waals surface area contributed by atoms with Crippen molar-refractivity contribution in [3.8, 4) is 0 Å². The Balaban J connectivity index is 1.54. The van der Waals surface area contributed by atoms with Gasteiger partial charge in [-0.15, -0.1) is 0 Å². The van der Waals surface area contributed by atoms with E-state index < -0.39 is 0 Å². The maximum atomic E-state index is 13.7. The monoisotopic (exact) mass is 364 g/mol. The van der Waals surface area contributed by atoms with Crippen LogP contribution in [0, 0.1) is 5.82 Å². The van der Waals surface area contributed by atoms with Gasteiger partial charge in [-0.1, -0.05) is 6.07 Å². The molecule has 1 unspecified atom stereocenters. The summed E-state index contributed by atoms with van der Waals surface area (Å²) < 4.78 is 24.2. The van der Waals surface area contributed by atoms with Crippen LogP contribution in [0.5, 0.6) is 0 Å². The molecular weight excluding hydrogens is 335 g/mol.